The summed E-state index contributed by atoms with van der Waals surface area (Å²) in [7, 11) is 2.10. The lowest BCUT2D eigenvalue weighted by Gasteiger charge is -2.04. The van der Waals surface area contributed by atoms with E-state index in [1.165, 1.54) is 27.7 Å². The first-order chi connectivity index (χ1) is 10.6. The average Bonchev–Trinajstić information content (AvgIpc) is 2.78. The van der Waals surface area contributed by atoms with E-state index in [0.717, 1.165) is 5.69 Å². The molecule has 0 radical (unpaired) electrons. The van der Waals surface area contributed by atoms with Crippen LogP contribution in [0.3, 0.4) is 0 Å². The molecule has 0 amide bonds. The first-order valence-electron chi connectivity index (χ1n) is 7.76. The molecule has 1 heterocycles. The van der Waals surface area contributed by atoms with Crippen molar-refractivity contribution in [2.75, 3.05) is 0 Å². The molecule has 0 saturated carbocycles. The summed E-state index contributed by atoms with van der Waals surface area (Å²) >= 11 is 0. The van der Waals surface area contributed by atoms with Gasteiger partial charge in [-0.25, -0.2) is 0 Å². The van der Waals surface area contributed by atoms with Crippen molar-refractivity contribution < 1.29 is 0 Å². The Morgan fingerprint density at radius 1 is 1.00 bits per heavy atom. The lowest BCUT2D eigenvalue weighted by atomic mass is 10.0. The molecule has 22 heavy (non-hydrogen) atoms. The number of hydrogen-bond acceptors (Lipinski definition) is 1. The lowest BCUT2D eigenvalue weighted by Crippen LogP contribution is -1.91. The first kappa shape index (κ1) is 14.6. The Bertz CT molecular complexity index is 821. The normalized spacial score (nSPS) is 11.9. The van der Waals surface area contributed by atoms with Gasteiger partial charge in [-0.15, -0.1) is 0 Å². The highest BCUT2D eigenvalue weighted by atomic mass is 14.9. The molecule has 0 aliphatic rings. The van der Waals surface area contributed by atoms with E-state index in [9.17, 15) is 0 Å². The SMILES string of the molecule is Cc1c(C=Nc2ccc(C(C)C)cc2)c2ccccc2n1C. The Morgan fingerprint density at radius 3 is 2.36 bits per heavy atom. The van der Waals surface area contributed by atoms with Crippen LogP contribution in [0.25, 0.3) is 10.9 Å². The molecular formula is C20H22N2. The Balaban J connectivity index is 1.97. The van der Waals surface area contributed by atoms with Crippen molar-refractivity contribution in [3.05, 3.63) is 65.4 Å². The van der Waals surface area contributed by atoms with Crippen LogP contribution in [0.5, 0.6) is 0 Å². The van der Waals surface area contributed by atoms with Gasteiger partial charge in [0, 0.05) is 35.4 Å². The molecule has 3 rings (SSSR count). The molecule has 0 atom stereocenters. The number of aromatic nitrogens is 1. The number of aliphatic imine (C=N–C) groups is 1. The molecule has 112 valence electrons. The number of hydrogen-bond donors (Lipinski definition) is 0. The summed E-state index contributed by atoms with van der Waals surface area (Å²) in [5.74, 6) is 0.554. The molecule has 3 aromatic rings. The summed E-state index contributed by atoms with van der Waals surface area (Å²) in [6.45, 7) is 6.55. The van der Waals surface area contributed by atoms with Crippen LogP contribution in [0.4, 0.5) is 5.69 Å². The van der Waals surface area contributed by atoms with Crippen LogP contribution in [-0.4, -0.2) is 10.8 Å². The van der Waals surface area contributed by atoms with Crippen molar-refractivity contribution in [3.8, 4) is 0 Å². The molecule has 0 saturated heterocycles. The molecular weight excluding hydrogens is 268 g/mol. The zero-order valence-electron chi connectivity index (χ0n) is 13.7. The maximum absolute atomic E-state index is 4.66. The highest BCUT2D eigenvalue weighted by Gasteiger charge is 2.09. The quantitative estimate of drug-likeness (QED) is 0.578. The molecule has 1 aromatic heterocycles. The summed E-state index contributed by atoms with van der Waals surface area (Å²) in [4.78, 5) is 4.66. The lowest BCUT2D eigenvalue weighted by molar-refractivity contribution is 0.867. The van der Waals surface area contributed by atoms with E-state index in [1.54, 1.807) is 0 Å². The summed E-state index contributed by atoms with van der Waals surface area (Å²) in [6, 6.07) is 17.0. The van der Waals surface area contributed by atoms with Crippen molar-refractivity contribution in [2.45, 2.75) is 26.7 Å². The second-order valence-electron chi connectivity index (χ2n) is 6.08. The highest BCUT2D eigenvalue weighted by Crippen LogP contribution is 2.24. The summed E-state index contributed by atoms with van der Waals surface area (Å²) < 4.78 is 2.22. The van der Waals surface area contributed by atoms with Gasteiger partial charge in [0.15, 0.2) is 0 Å². The molecule has 0 aliphatic heterocycles. The predicted molar refractivity (Wildman–Crippen MR) is 95.4 cm³/mol. The minimum absolute atomic E-state index is 0.554. The van der Waals surface area contributed by atoms with Crippen molar-refractivity contribution >= 4 is 22.8 Å². The molecule has 2 heteroatoms. The predicted octanol–water partition coefficient (Wildman–Crippen LogP) is 5.36. The fourth-order valence-corrected chi connectivity index (χ4v) is 2.80. The number of benzene rings is 2. The average molecular weight is 290 g/mol. The Morgan fingerprint density at radius 2 is 1.68 bits per heavy atom. The highest BCUT2D eigenvalue weighted by molar-refractivity contribution is 6.01. The van der Waals surface area contributed by atoms with Crippen LogP contribution >= 0.6 is 0 Å². The number of nitrogens with zero attached hydrogens (tertiary/aromatic N) is 2. The van der Waals surface area contributed by atoms with Gasteiger partial charge in [0.2, 0.25) is 0 Å². The van der Waals surface area contributed by atoms with Crippen molar-refractivity contribution in [1.29, 1.82) is 0 Å². The summed E-state index contributed by atoms with van der Waals surface area (Å²) in [5, 5.41) is 1.25. The van der Waals surface area contributed by atoms with Crippen molar-refractivity contribution in [1.82, 2.24) is 4.57 Å². The fourth-order valence-electron chi connectivity index (χ4n) is 2.80. The molecule has 0 aliphatic carbocycles. The van der Waals surface area contributed by atoms with Gasteiger partial charge in [-0.05, 0) is 36.6 Å². The molecule has 0 spiro atoms. The largest absolute Gasteiger partial charge is 0.347 e. The Kier molecular flexibility index (Phi) is 3.84. The topological polar surface area (TPSA) is 17.3 Å². The molecule has 0 N–H and O–H groups in total. The van der Waals surface area contributed by atoms with E-state index >= 15 is 0 Å². The maximum Gasteiger partial charge on any atom is 0.0630 e. The Hall–Kier alpha value is -2.35. The minimum Gasteiger partial charge on any atom is -0.347 e. The van der Waals surface area contributed by atoms with Gasteiger partial charge >= 0.3 is 0 Å². The van der Waals surface area contributed by atoms with Crippen LogP contribution in [-0.2, 0) is 7.05 Å². The summed E-state index contributed by atoms with van der Waals surface area (Å²) in [6.07, 6.45) is 1.99. The number of fused-ring (bicyclic) bond motifs is 1. The molecule has 0 bridgehead atoms. The van der Waals surface area contributed by atoms with E-state index in [4.69, 9.17) is 0 Å². The zero-order chi connectivity index (χ0) is 15.7. The second-order valence-corrected chi connectivity index (χ2v) is 6.08. The van der Waals surface area contributed by atoms with Crippen LogP contribution in [0.1, 0.15) is 36.6 Å². The third-order valence-electron chi connectivity index (χ3n) is 4.35. The van der Waals surface area contributed by atoms with Crippen molar-refractivity contribution in [3.63, 3.8) is 0 Å². The third-order valence-corrected chi connectivity index (χ3v) is 4.35. The van der Waals surface area contributed by atoms with Gasteiger partial charge < -0.3 is 4.57 Å². The third kappa shape index (κ3) is 2.57. The maximum atomic E-state index is 4.66. The van der Waals surface area contributed by atoms with E-state index in [1.807, 2.05) is 6.21 Å². The first-order valence-corrected chi connectivity index (χ1v) is 7.76. The van der Waals surface area contributed by atoms with Gasteiger partial charge in [-0.2, -0.15) is 0 Å². The van der Waals surface area contributed by atoms with Crippen LogP contribution in [0.2, 0.25) is 0 Å². The van der Waals surface area contributed by atoms with Gasteiger partial charge in [-0.1, -0.05) is 44.2 Å². The smallest absolute Gasteiger partial charge is 0.0630 e. The van der Waals surface area contributed by atoms with E-state index in [-0.39, 0.29) is 0 Å². The van der Waals surface area contributed by atoms with Gasteiger partial charge in [0.25, 0.3) is 0 Å². The second kappa shape index (κ2) is 5.80. The van der Waals surface area contributed by atoms with Gasteiger partial charge in [0.1, 0.15) is 0 Å². The van der Waals surface area contributed by atoms with Gasteiger partial charge in [-0.3, -0.25) is 4.99 Å². The van der Waals surface area contributed by atoms with Crippen LogP contribution in [0.15, 0.2) is 53.5 Å². The number of aryl methyl sites for hydroxylation is 1. The monoisotopic (exact) mass is 290 g/mol. The van der Waals surface area contributed by atoms with E-state index < -0.39 is 0 Å². The molecule has 0 fully saturated rings. The fraction of sp³-hybridized carbons (Fsp3) is 0.250. The standard InChI is InChI=1S/C20H22N2/c1-14(2)16-9-11-17(12-10-16)21-13-19-15(3)22(4)20-8-6-5-7-18(19)20/h5-14H,1-4H3. The zero-order valence-corrected chi connectivity index (χ0v) is 13.7. The van der Waals surface area contributed by atoms with E-state index in [2.05, 4.69) is 85.9 Å². The molecule has 2 nitrogen and oxygen atoms in total. The van der Waals surface area contributed by atoms with Crippen LogP contribution < -0.4 is 0 Å². The molecule has 2 aromatic carbocycles. The van der Waals surface area contributed by atoms with E-state index in [0.29, 0.717) is 5.92 Å². The Labute approximate surface area is 132 Å². The van der Waals surface area contributed by atoms with Crippen LogP contribution in [0, 0.1) is 6.92 Å². The number of para-hydroxylation sites is 1. The van der Waals surface area contributed by atoms with Crippen molar-refractivity contribution in [2.24, 2.45) is 12.0 Å². The number of rotatable bonds is 3. The summed E-state index contributed by atoms with van der Waals surface area (Å²) in [5.41, 5.74) is 6.03. The minimum atomic E-state index is 0.554. The molecule has 0 unspecified atom stereocenters. The van der Waals surface area contributed by atoms with Gasteiger partial charge in [0.05, 0.1) is 5.69 Å².